The summed E-state index contributed by atoms with van der Waals surface area (Å²) >= 11 is 0. The largest absolute Gasteiger partial charge is 1.00 e. The summed E-state index contributed by atoms with van der Waals surface area (Å²) in [5.74, 6) is -0.232. The van der Waals surface area contributed by atoms with Gasteiger partial charge in [-0.1, -0.05) is 5.16 Å². The van der Waals surface area contributed by atoms with Gasteiger partial charge in [0.1, 0.15) is 6.61 Å². The van der Waals surface area contributed by atoms with E-state index in [0.29, 0.717) is 25.5 Å². The molecule has 0 rings (SSSR count). The van der Waals surface area contributed by atoms with Gasteiger partial charge in [0.05, 0.1) is 6.61 Å². The predicted octanol–water partition coefficient (Wildman–Crippen LogP) is -0.866. The molecule has 0 aliphatic heterocycles. The van der Waals surface area contributed by atoms with Crippen LogP contribution in [0.25, 0.3) is 0 Å². The summed E-state index contributed by atoms with van der Waals surface area (Å²) in [4.78, 5) is 15.2. The van der Waals surface area contributed by atoms with Gasteiger partial charge in [-0.2, -0.15) is 0 Å². The van der Waals surface area contributed by atoms with E-state index in [4.69, 9.17) is 14.7 Å². The zero-order valence-corrected chi connectivity index (χ0v) is 10.4. The van der Waals surface area contributed by atoms with E-state index in [2.05, 4.69) is 5.16 Å². The first-order valence-corrected chi connectivity index (χ1v) is 5.18. The molecule has 5 nitrogen and oxygen atoms in total. The van der Waals surface area contributed by atoms with E-state index in [1.54, 1.807) is 6.92 Å². The molecule has 16 heavy (non-hydrogen) atoms. The molecule has 0 aromatic rings. The van der Waals surface area contributed by atoms with Crippen molar-refractivity contribution in [2.75, 3.05) is 13.2 Å². The summed E-state index contributed by atoms with van der Waals surface area (Å²) in [7, 11) is 0. The number of oxime groups is 1. The molecule has 0 saturated carbocycles. The Balaban J connectivity index is -0.000000980. The fourth-order valence-corrected chi connectivity index (χ4v) is 0.991. The Bertz CT molecular complexity index is 214. The molecule has 0 heterocycles. The Morgan fingerprint density at radius 2 is 2.06 bits per heavy atom. The van der Waals surface area contributed by atoms with E-state index < -0.39 is 5.97 Å². The molecule has 0 amide bonds. The van der Waals surface area contributed by atoms with Crippen LogP contribution in [0.15, 0.2) is 5.16 Å². The normalized spacial score (nSPS) is 10.5. The number of ether oxygens (including phenoxy) is 1. The van der Waals surface area contributed by atoms with E-state index in [-0.39, 0.29) is 26.7 Å². The van der Waals surface area contributed by atoms with Gasteiger partial charge < -0.3 is 16.1 Å². The second-order valence-electron chi connectivity index (χ2n) is 3.08. The summed E-state index contributed by atoms with van der Waals surface area (Å²) in [6.45, 7) is 4.69. The van der Waals surface area contributed by atoms with Crippen molar-refractivity contribution in [1.82, 2.24) is 0 Å². The molecular formula is C10H20LiNO4. The summed E-state index contributed by atoms with van der Waals surface area (Å²) in [5, 5.41) is 12.1. The van der Waals surface area contributed by atoms with Crippen LogP contribution in [0.3, 0.4) is 0 Å². The molecule has 0 atom stereocenters. The van der Waals surface area contributed by atoms with Gasteiger partial charge in [-0.15, -0.1) is 0 Å². The van der Waals surface area contributed by atoms with Crippen LogP contribution < -0.4 is 18.9 Å². The molecule has 0 aliphatic rings. The standard InChI is InChI=1S/C10H19NO4.Li.H/c1-3-14-9(2)11-15-8-6-4-5-7-10(12)13;;/h3-8H2,1-2H3,(H,12,13);;/q;+1;-1. The molecule has 1 N–H and O–H groups in total. The first-order chi connectivity index (χ1) is 7.16. The number of hydrogen-bond donors (Lipinski definition) is 1. The third kappa shape index (κ3) is 13.3. The Morgan fingerprint density at radius 3 is 2.62 bits per heavy atom. The van der Waals surface area contributed by atoms with E-state index in [1.807, 2.05) is 6.92 Å². The van der Waals surface area contributed by atoms with Crippen molar-refractivity contribution in [2.45, 2.75) is 39.5 Å². The summed E-state index contributed by atoms with van der Waals surface area (Å²) in [6, 6.07) is 0. The Labute approximate surface area is 110 Å². The van der Waals surface area contributed by atoms with Gasteiger partial charge in [0.2, 0.25) is 5.90 Å². The van der Waals surface area contributed by atoms with Crippen molar-refractivity contribution < 1.29 is 39.8 Å². The van der Waals surface area contributed by atoms with Crippen molar-refractivity contribution >= 4 is 11.9 Å². The van der Waals surface area contributed by atoms with Crippen LogP contribution in [0.1, 0.15) is 41.0 Å². The molecule has 90 valence electrons. The maximum absolute atomic E-state index is 10.2. The molecule has 0 spiro atoms. The quantitative estimate of drug-likeness (QED) is 0.192. The Morgan fingerprint density at radius 1 is 1.38 bits per heavy atom. The maximum Gasteiger partial charge on any atom is 1.00 e. The molecule has 0 bridgehead atoms. The number of nitrogens with zero attached hydrogens (tertiary/aromatic N) is 1. The molecular weight excluding hydrogens is 205 g/mol. The molecule has 6 heteroatoms. The molecule has 0 aromatic carbocycles. The average molecular weight is 225 g/mol. The minimum Gasteiger partial charge on any atom is -1.00 e. The third-order valence-electron chi connectivity index (χ3n) is 1.67. The second-order valence-corrected chi connectivity index (χ2v) is 3.08. The molecule has 0 aromatic heterocycles. The average Bonchev–Trinajstić information content (AvgIpc) is 2.16. The van der Waals surface area contributed by atoms with E-state index in [9.17, 15) is 4.79 Å². The van der Waals surface area contributed by atoms with Crippen molar-refractivity contribution in [1.29, 1.82) is 0 Å². The summed E-state index contributed by atoms with van der Waals surface area (Å²) in [5.41, 5.74) is 0. The number of carbonyl (C=O) groups is 1. The van der Waals surface area contributed by atoms with Gasteiger partial charge in [0.15, 0.2) is 0 Å². The number of hydrogen-bond acceptors (Lipinski definition) is 4. The van der Waals surface area contributed by atoms with E-state index >= 15 is 0 Å². The van der Waals surface area contributed by atoms with Crippen LogP contribution >= 0.6 is 0 Å². The zero-order valence-electron chi connectivity index (χ0n) is 11.4. The van der Waals surface area contributed by atoms with Gasteiger partial charge in [0.25, 0.3) is 0 Å². The van der Waals surface area contributed by atoms with Gasteiger partial charge in [0, 0.05) is 13.3 Å². The van der Waals surface area contributed by atoms with Crippen molar-refractivity contribution in [3.63, 3.8) is 0 Å². The fraction of sp³-hybridized carbons (Fsp3) is 0.800. The van der Waals surface area contributed by atoms with Crippen LogP contribution in [0, 0.1) is 0 Å². The van der Waals surface area contributed by atoms with Crippen molar-refractivity contribution in [2.24, 2.45) is 5.16 Å². The first kappa shape index (κ1) is 17.7. The van der Waals surface area contributed by atoms with Crippen LogP contribution in [0.2, 0.25) is 0 Å². The first-order valence-electron chi connectivity index (χ1n) is 5.18. The second kappa shape index (κ2) is 12.4. The fourth-order valence-electron chi connectivity index (χ4n) is 0.991. The molecule has 0 unspecified atom stereocenters. The zero-order chi connectivity index (χ0) is 11.5. The molecule has 0 fully saturated rings. The minimum atomic E-state index is -0.749. The maximum atomic E-state index is 10.2. The number of unbranched alkanes of at least 4 members (excludes halogenated alkanes) is 2. The van der Waals surface area contributed by atoms with Crippen LogP contribution in [-0.4, -0.2) is 30.2 Å². The van der Waals surface area contributed by atoms with Gasteiger partial charge in [-0.05, 0) is 26.2 Å². The number of rotatable bonds is 8. The number of aliphatic carboxylic acids is 1. The minimum absolute atomic E-state index is 0. The van der Waals surface area contributed by atoms with Crippen LogP contribution in [-0.2, 0) is 14.4 Å². The topological polar surface area (TPSA) is 68.1 Å². The summed E-state index contributed by atoms with van der Waals surface area (Å²) < 4.78 is 5.05. The van der Waals surface area contributed by atoms with E-state index in [1.165, 1.54) is 0 Å². The van der Waals surface area contributed by atoms with Crippen LogP contribution in [0.4, 0.5) is 0 Å². The Hall–Kier alpha value is -0.663. The van der Waals surface area contributed by atoms with E-state index in [0.717, 1.165) is 12.8 Å². The number of carboxylic acid groups (broad SMARTS) is 1. The van der Waals surface area contributed by atoms with Crippen LogP contribution in [0.5, 0.6) is 0 Å². The smallest absolute Gasteiger partial charge is 1.00 e. The molecule has 0 saturated heterocycles. The monoisotopic (exact) mass is 225 g/mol. The van der Waals surface area contributed by atoms with Gasteiger partial charge >= 0.3 is 24.8 Å². The predicted molar refractivity (Wildman–Crippen MR) is 57.9 cm³/mol. The Kier molecular flexibility index (Phi) is 13.7. The number of carboxylic acids is 1. The van der Waals surface area contributed by atoms with Crippen molar-refractivity contribution in [3.05, 3.63) is 0 Å². The SMILES string of the molecule is CCOC(C)=NOCCCCCC(=O)O.[H-].[Li+]. The third-order valence-corrected chi connectivity index (χ3v) is 1.67. The summed E-state index contributed by atoms with van der Waals surface area (Å²) in [6.07, 6.45) is 2.57. The van der Waals surface area contributed by atoms with Gasteiger partial charge in [-0.25, -0.2) is 0 Å². The van der Waals surface area contributed by atoms with Crippen molar-refractivity contribution in [3.8, 4) is 0 Å². The van der Waals surface area contributed by atoms with Gasteiger partial charge in [-0.3, -0.25) is 4.79 Å². The molecule has 0 aliphatic carbocycles. The molecule has 0 radical (unpaired) electrons.